The van der Waals surface area contributed by atoms with Gasteiger partial charge < -0.3 is 0 Å². The first-order valence-electron chi connectivity index (χ1n) is 2.93. The van der Waals surface area contributed by atoms with Crippen LogP contribution in [0.5, 0.6) is 0 Å². The summed E-state index contributed by atoms with van der Waals surface area (Å²) in [6.07, 6.45) is 0. The quantitative estimate of drug-likeness (QED) is 0.686. The zero-order valence-corrected chi connectivity index (χ0v) is 7.49. The first kappa shape index (κ1) is 10.4. The molecule has 0 fully saturated rings. The van der Waals surface area contributed by atoms with Crippen molar-refractivity contribution < 1.29 is 21.8 Å². The van der Waals surface area contributed by atoms with Crippen molar-refractivity contribution >= 4 is 21.7 Å². The fourth-order valence-corrected chi connectivity index (χ4v) is 1.48. The first-order chi connectivity index (χ1) is 5.82. The standard InChI is InChI=1S/C6H2ClF2O3S/c7-3-1-6(13(10,11)12)5(9)2-4(3)8/h1-2H. The van der Waals surface area contributed by atoms with Crippen molar-refractivity contribution in [2.45, 2.75) is 4.90 Å². The molecule has 7 heteroatoms. The van der Waals surface area contributed by atoms with E-state index in [0.29, 0.717) is 6.07 Å². The third-order valence-corrected chi connectivity index (χ3v) is 2.39. The van der Waals surface area contributed by atoms with Gasteiger partial charge in [0.05, 0.1) is 5.02 Å². The van der Waals surface area contributed by atoms with E-state index in [1.165, 1.54) is 0 Å². The third kappa shape index (κ3) is 2.15. The first-order valence-corrected chi connectivity index (χ1v) is 4.71. The summed E-state index contributed by atoms with van der Waals surface area (Å²) in [5.74, 6) is -2.57. The highest BCUT2D eigenvalue weighted by molar-refractivity contribution is 7.85. The van der Waals surface area contributed by atoms with Crippen LogP contribution >= 0.6 is 11.6 Å². The lowest BCUT2D eigenvalue weighted by molar-refractivity contribution is 0.408. The molecule has 0 saturated heterocycles. The van der Waals surface area contributed by atoms with E-state index in [4.69, 9.17) is 11.6 Å². The molecule has 1 rings (SSSR count). The van der Waals surface area contributed by atoms with Gasteiger partial charge in [0.25, 0.3) is 0 Å². The van der Waals surface area contributed by atoms with E-state index in [0.717, 1.165) is 0 Å². The van der Waals surface area contributed by atoms with Crippen molar-refractivity contribution in [3.05, 3.63) is 28.8 Å². The molecule has 13 heavy (non-hydrogen) atoms. The predicted octanol–water partition coefficient (Wildman–Crippen LogP) is 1.74. The molecule has 0 heterocycles. The number of rotatable bonds is 1. The van der Waals surface area contributed by atoms with Gasteiger partial charge in [-0.1, -0.05) is 16.2 Å². The fourth-order valence-electron chi connectivity index (χ4n) is 0.696. The van der Waals surface area contributed by atoms with Crippen LogP contribution in [0.1, 0.15) is 0 Å². The van der Waals surface area contributed by atoms with Gasteiger partial charge in [0.1, 0.15) is 16.5 Å². The van der Waals surface area contributed by atoms with Crippen molar-refractivity contribution in [2.24, 2.45) is 0 Å². The summed E-state index contributed by atoms with van der Waals surface area (Å²) >= 11 is 5.15. The van der Waals surface area contributed by atoms with E-state index < -0.39 is 31.7 Å². The highest BCUT2D eigenvalue weighted by Crippen LogP contribution is 2.22. The monoisotopic (exact) mass is 227 g/mol. The molecule has 1 radical (unpaired) electrons. The molecular formula is C6H2ClF2O3S. The second-order valence-corrected chi connectivity index (χ2v) is 3.91. The average Bonchev–Trinajstić information content (AvgIpc) is 1.94. The number of halogens is 3. The smallest absolute Gasteiger partial charge is 0.205 e. The summed E-state index contributed by atoms with van der Waals surface area (Å²) in [4.78, 5) is -1.15. The Hall–Kier alpha value is -0.720. The minimum absolute atomic E-state index is 0.243. The molecule has 0 atom stereocenters. The number of hydrogen-bond donors (Lipinski definition) is 0. The minimum atomic E-state index is -4.95. The van der Waals surface area contributed by atoms with E-state index in [9.17, 15) is 21.8 Å². The lowest BCUT2D eigenvalue weighted by atomic mass is 10.3. The minimum Gasteiger partial charge on any atom is -0.205 e. The molecule has 71 valence electrons. The van der Waals surface area contributed by atoms with Crippen LogP contribution < -0.4 is 0 Å². The second kappa shape index (κ2) is 3.21. The van der Waals surface area contributed by atoms with Gasteiger partial charge in [0, 0.05) is 6.07 Å². The molecule has 0 saturated carbocycles. The van der Waals surface area contributed by atoms with Crippen molar-refractivity contribution in [3.63, 3.8) is 0 Å². The van der Waals surface area contributed by atoms with Crippen LogP contribution in [0.2, 0.25) is 5.02 Å². The lowest BCUT2D eigenvalue weighted by Gasteiger charge is -1.99. The van der Waals surface area contributed by atoms with E-state index in [2.05, 4.69) is 0 Å². The molecule has 0 aromatic heterocycles. The Kier molecular flexibility index (Phi) is 2.56. The topological polar surface area (TPSA) is 54.0 Å². The van der Waals surface area contributed by atoms with Gasteiger partial charge in [0.2, 0.25) is 0 Å². The fraction of sp³-hybridized carbons (Fsp3) is 0. The van der Waals surface area contributed by atoms with Crippen LogP contribution in [0.15, 0.2) is 17.0 Å². The van der Waals surface area contributed by atoms with Crippen LogP contribution in [0.4, 0.5) is 8.78 Å². The number of benzene rings is 1. The SMILES string of the molecule is [O]S(=O)(=O)c1cc(Cl)c(F)cc1F. The molecule has 0 unspecified atom stereocenters. The van der Waals surface area contributed by atoms with Crippen LogP contribution in [0.3, 0.4) is 0 Å². The van der Waals surface area contributed by atoms with Crippen molar-refractivity contribution in [1.29, 1.82) is 0 Å². The lowest BCUT2D eigenvalue weighted by Crippen LogP contribution is -2.00. The molecule has 0 aliphatic carbocycles. The van der Waals surface area contributed by atoms with E-state index >= 15 is 0 Å². The predicted molar refractivity (Wildman–Crippen MR) is 39.2 cm³/mol. The van der Waals surface area contributed by atoms with Gasteiger partial charge in [-0.05, 0) is 6.07 Å². The highest BCUT2D eigenvalue weighted by Gasteiger charge is 2.20. The second-order valence-electron chi connectivity index (χ2n) is 2.15. The maximum Gasteiger partial charge on any atom is 0.327 e. The normalized spacial score (nSPS) is 11.7. The molecule has 0 amide bonds. The van der Waals surface area contributed by atoms with Crippen molar-refractivity contribution in [3.8, 4) is 0 Å². The molecule has 3 nitrogen and oxygen atoms in total. The van der Waals surface area contributed by atoms with Gasteiger partial charge in [-0.3, -0.25) is 0 Å². The Morgan fingerprint density at radius 3 is 2.15 bits per heavy atom. The molecule has 0 aliphatic rings. The summed E-state index contributed by atoms with van der Waals surface area (Å²) in [7, 11) is -4.95. The molecule has 1 aromatic carbocycles. The summed E-state index contributed by atoms with van der Waals surface area (Å²) in [6.45, 7) is 0. The molecular weight excluding hydrogens is 226 g/mol. The highest BCUT2D eigenvalue weighted by atomic mass is 35.5. The Bertz CT molecular complexity index is 443. The average molecular weight is 228 g/mol. The molecule has 1 aromatic rings. The Balaban J connectivity index is 3.50. The van der Waals surface area contributed by atoms with Gasteiger partial charge in [0.15, 0.2) is 0 Å². The van der Waals surface area contributed by atoms with Crippen molar-refractivity contribution in [1.82, 2.24) is 0 Å². The summed E-state index contributed by atoms with van der Waals surface area (Å²) in [5.41, 5.74) is 0. The third-order valence-electron chi connectivity index (χ3n) is 1.24. The van der Waals surface area contributed by atoms with Crippen LogP contribution in [0.25, 0.3) is 0 Å². The van der Waals surface area contributed by atoms with Gasteiger partial charge in [-0.25, -0.2) is 8.78 Å². The van der Waals surface area contributed by atoms with E-state index in [-0.39, 0.29) is 6.07 Å². The Morgan fingerprint density at radius 2 is 1.69 bits per heavy atom. The van der Waals surface area contributed by atoms with Gasteiger partial charge in [-0.15, -0.1) is 0 Å². The molecule has 0 N–H and O–H groups in total. The maximum atomic E-state index is 12.6. The summed E-state index contributed by atoms with van der Waals surface area (Å²) in [6, 6.07) is 0.682. The Morgan fingerprint density at radius 1 is 1.15 bits per heavy atom. The Labute approximate surface area is 77.7 Å². The maximum absolute atomic E-state index is 12.6. The largest absolute Gasteiger partial charge is 0.327 e. The molecule has 0 spiro atoms. The van der Waals surface area contributed by atoms with Gasteiger partial charge in [-0.2, -0.15) is 8.42 Å². The molecule has 0 bridgehead atoms. The van der Waals surface area contributed by atoms with Crippen LogP contribution in [-0.2, 0) is 14.7 Å². The zero-order chi connectivity index (χ0) is 10.2. The summed E-state index contributed by atoms with van der Waals surface area (Å²) in [5, 5.41) is -0.615. The van der Waals surface area contributed by atoms with Crippen molar-refractivity contribution in [2.75, 3.05) is 0 Å². The van der Waals surface area contributed by atoms with Crippen LogP contribution in [0, 0.1) is 11.6 Å². The van der Waals surface area contributed by atoms with E-state index in [1.54, 1.807) is 0 Å². The van der Waals surface area contributed by atoms with Crippen LogP contribution in [-0.4, -0.2) is 8.42 Å². The van der Waals surface area contributed by atoms with E-state index in [1.807, 2.05) is 0 Å². The zero-order valence-electron chi connectivity index (χ0n) is 5.92. The van der Waals surface area contributed by atoms with Gasteiger partial charge >= 0.3 is 10.1 Å². The summed E-state index contributed by atoms with van der Waals surface area (Å²) < 4.78 is 56.1. The molecule has 0 aliphatic heterocycles. The number of hydrogen-bond acceptors (Lipinski definition) is 2.